The lowest BCUT2D eigenvalue weighted by molar-refractivity contribution is 0.0669. The molecule has 1 saturated carbocycles. The molecule has 1 aliphatic carbocycles. The lowest BCUT2D eigenvalue weighted by Crippen LogP contribution is -2.40. The van der Waals surface area contributed by atoms with Gasteiger partial charge >= 0.3 is 0 Å². The molecule has 1 saturated heterocycles. The molecule has 2 amide bonds. The van der Waals surface area contributed by atoms with Crippen molar-refractivity contribution in [2.45, 2.75) is 26.2 Å². The van der Waals surface area contributed by atoms with Crippen LogP contribution in [-0.4, -0.2) is 53.3 Å². The molecule has 2 aliphatic rings. The number of furan rings is 1. The Balaban J connectivity index is 1.26. The fraction of sp³-hybridized carbons (Fsp3) is 0.429. The van der Waals surface area contributed by atoms with E-state index in [1.54, 1.807) is 30.7 Å². The van der Waals surface area contributed by atoms with Gasteiger partial charge < -0.3 is 14.6 Å². The smallest absolute Gasteiger partial charge is 0.287 e. The van der Waals surface area contributed by atoms with Crippen LogP contribution in [0.3, 0.4) is 0 Å². The molecule has 29 heavy (non-hydrogen) atoms. The van der Waals surface area contributed by atoms with Gasteiger partial charge in [0.05, 0.1) is 11.8 Å². The maximum atomic E-state index is 12.4. The molecular weight excluding hydrogens is 370 g/mol. The Morgan fingerprint density at radius 1 is 1.48 bits per heavy atom. The van der Waals surface area contributed by atoms with Crippen molar-refractivity contribution in [2.24, 2.45) is 16.3 Å². The zero-order chi connectivity index (χ0) is 20.4. The Labute approximate surface area is 169 Å². The molecule has 2 aromatic heterocycles. The number of hydrogen-bond acceptors (Lipinski definition) is 5. The lowest BCUT2D eigenvalue weighted by atomic mass is 9.90. The van der Waals surface area contributed by atoms with Crippen LogP contribution < -0.4 is 5.32 Å². The number of carbonyl (C=O) groups excluding carboxylic acids is 2. The summed E-state index contributed by atoms with van der Waals surface area (Å²) in [6, 6.07) is 1.72. The fourth-order valence-corrected chi connectivity index (χ4v) is 4.25. The lowest BCUT2D eigenvalue weighted by Gasteiger charge is -2.32. The number of aryl methyl sites for hydroxylation is 1. The minimum atomic E-state index is -0.200. The normalized spacial score (nSPS) is 20.2. The molecular formula is C21H25N5O3. The van der Waals surface area contributed by atoms with E-state index < -0.39 is 0 Å². The van der Waals surface area contributed by atoms with E-state index in [9.17, 15) is 9.59 Å². The minimum Gasteiger partial charge on any atom is -0.456 e. The van der Waals surface area contributed by atoms with E-state index in [0.717, 1.165) is 37.9 Å². The molecule has 2 N–H and O–H groups in total. The van der Waals surface area contributed by atoms with Crippen LogP contribution in [0.25, 0.3) is 6.08 Å². The molecule has 0 aromatic carbocycles. The maximum absolute atomic E-state index is 12.4. The Kier molecular flexibility index (Phi) is 5.08. The third-order valence-electron chi connectivity index (χ3n) is 6.20. The first kappa shape index (κ1) is 19.2. The van der Waals surface area contributed by atoms with Gasteiger partial charge in [0.15, 0.2) is 5.76 Å². The highest BCUT2D eigenvalue weighted by molar-refractivity contribution is 5.94. The monoisotopic (exact) mass is 395 g/mol. The van der Waals surface area contributed by atoms with E-state index in [-0.39, 0.29) is 17.2 Å². The predicted octanol–water partition coefficient (Wildman–Crippen LogP) is 2.65. The topological polar surface area (TPSA) is 104 Å². The molecule has 1 atom stereocenters. The molecule has 3 heterocycles. The van der Waals surface area contributed by atoms with Gasteiger partial charge in [0.2, 0.25) is 0 Å². The molecule has 1 spiro atoms. The van der Waals surface area contributed by atoms with Gasteiger partial charge in [-0.2, -0.15) is 5.10 Å². The van der Waals surface area contributed by atoms with Crippen LogP contribution in [0.1, 0.15) is 51.5 Å². The maximum Gasteiger partial charge on any atom is 0.287 e. The highest BCUT2D eigenvalue weighted by Gasteiger charge is 2.54. The molecule has 4 rings (SSSR count). The third-order valence-corrected chi connectivity index (χ3v) is 6.20. The second-order valence-corrected chi connectivity index (χ2v) is 7.87. The first-order valence-electron chi connectivity index (χ1n) is 9.81. The van der Waals surface area contributed by atoms with Crippen molar-refractivity contribution >= 4 is 24.6 Å². The summed E-state index contributed by atoms with van der Waals surface area (Å²) in [5.41, 5.74) is 1.68. The number of aromatic amines is 1. The Morgan fingerprint density at radius 3 is 2.97 bits per heavy atom. The van der Waals surface area contributed by atoms with E-state index >= 15 is 0 Å². The number of nitrogens with one attached hydrogen (secondary N) is 2. The number of aliphatic imine (C=N–C) groups is 1. The van der Waals surface area contributed by atoms with Crippen LogP contribution >= 0.6 is 0 Å². The number of hydrogen-bond donors (Lipinski definition) is 2. The number of aromatic nitrogens is 2. The van der Waals surface area contributed by atoms with Crippen molar-refractivity contribution in [3.63, 3.8) is 0 Å². The summed E-state index contributed by atoms with van der Waals surface area (Å²) in [6.45, 7) is 7.34. The van der Waals surface area contributed by atoms with E-state index in [1.165, 1.54) is 0 Å². The average molecular weight is 395 g/mol. The van der Waals surface area contributed by atoms with Gasteiger partial charge in [-0.15, -0.1) is 0 Å². The molecule has 8 nitrogen and oxygen atoms in total. The molecule has 8 heteroatoms. The summed E-state index contributed by atoms with van der Waals surface area (Å²) in [5.74, 6) is 1.27. The van der Waals surface area contributed by atoms with Crippen molar-refractivity contribution in [1.82, 2.24) is 20.4 Å². The summed E-state index contributed by atoms with van der Waals surface area (Å²) in [5, 5.41) is 9.53. The molecule has 0 radical (unpaired) electrons. The van der Waals surface area contributed by atoms with Gasteiger partial charge in [-0.05, 0) is 56.4 Å². The first-order valence-corrected chi connectivity index (χ1v) is 9.81. The molecule has 2 fully saturated rings. The molecule has 1 unspecified atom stereocenters. The van der Waals surface area contributed by atoms with Gasteiger partial charge in [-0.1, -0.05) is 0 Å². The number of likely N-dealkylation sites (tertiary alicyclic amines) is 1. The second-order valence-electron chi connectivity index (χ2n) is 7.87. The third kappa shape index (κ3) is 3.87. The summed E-state index contributed by atoms with van der Waals surface area (Å²) < 4.78 is 5.56. The standard InChI is InChI=1S/C21H25N5O3/c1-14-15(3-6-22-2)9-18(29-14)19(27)23-13-17-10-21(17)4-7-26(8-5-21)20(28)16-11-24-25-12-16/h3,6,9,11-12,17H,2,4-5,7-8,10,13H2,1H3,(H,23,27)(H,24,25)/b6-3-. The van der Waals surface area contributed by atoms with E-state index in [0.29, 0.717) is 29.5 Å². The summed E-state index contributed by atoms with van der Waals surface area (Å²) in [7, 11) is 0. The quantitative estimate of drug-likeness (QED) is 0.734. The zero-order valence-electron chi connectivity index (χ0n) is 16.5. The zero-order valence-corrected chi connectivity index (χ0v) is 16.5. The van der Waals surface area contributed by atoms with E-state index in [1.807, 2.05) is 11.8 Å². The van der Waals surface area contributed by atoms with Gasteiger partial charge in [0.1, 0.15) is 5.76 Å². The number of H-pyrrole nitrogens is 1. The number of amides is 2. The van der Waals surface area contributed by atoms with Crippen LogP contribution in [0, 0.1) is 18.3 Å². The van der Waals surface area contributed by atoms with Crippen LogP contribution in [0.15, 0.2) is 34.1 Å². The van der Waals surface area contributed by atoms with Crippen molar-refractivity contribution in [2.75, 3.05) is 19.6 Å². The Morgan fingerprint density at radius 2 is 2.28 bits per heavy atom. The largest absolute Gasteiger partial charge is 0.456 e. The van der Waals surface area contributed by atoms with E-state index in [2.05, 4.69) is 27.2 Å². The highest BCUT2D eigenvalue weighted by Crippen LogP contribution is 2.59. The summed E-state index contributed by atoms with van der Waals surface area (Å²) >= 11 is 0. The van der Waals surface area contributed by atoms with Gasteiger partial charge in [0, 0.05) is 37.6 Å². The van der Waals surface area contributed by atoms with Crippen LogP contribution in [-0.2, 0) is 0 Å². The van der Waals surface area contributed by atoms with Crippen molar-refractivity contribution in [3.8, 4) is 0 Å². The summed E-state index contributed by atoms with van der Waals surface area (Å²) in [4.78, 5) is 30.4. The van der Waals surface area contributed by atoms with Crippen LogP contribution in [0.5, 0.6) is 0 Å². The van der Waals surface area contributed by atoms with Crippen LogP contribution in [0.4, 0.5) is 0 Å². The SMILES string of the molecule is C=N/C=C\c1cc(C(=O)NCC2CC23CCN(C(=O)c2cn[nH]c2)CC3)oc1C. The number of rotatable bonds is 6. The molecule has 0 bridgehead atoms. The highest BCUT2D eigenvalue weighted by atomic mass is 16.3. The van der Waals surface area contributed by atoms with Crippen molar-refractivity contribution < 1.29 is 14.0 Å². The number of nitrogens with zero attached hydrogens (tertiary/aromatic N) is 3. The molecule has 1 aliphatic heterocycles. The van der Waals surface area contributed by atoms with Gasteiger partial charge in [0.25, 0.3) is 11.8 Å². The van der Waals surface area contributed by atoms with Crippen LogP contribution in [0.2, 0.25) is 0 Å². The fourth-order valence-electron chi connectivity index (χ4n) is 4.25. The minimum absolute atomic E-state index is 0.0313. The van der Waals surface area contributed by atoms with Gasteiger partial charge in [-0.3, -0.25) is 19.7 Å². The first-order chi connectivity index (χ1) is 14.0. The summed E-state index contributed by atoms with van der Waals surface area (Å²) in [6.07, 6.45) is 9.56. The predicted molar refractivity (Wildman–Crippen MR) is 109 cm³/mol. The second kappa shape index (κ2) is 7.69. The average Bonchev–Trinajstić information content (AvgIpc) is 3.08. The number of carbonyl (C=O) groups is 2. The molecule has 152 valence electrons. The molecule has 2 aromatic rings. The Bertz CT molecular complexity index is 936. The van der Waals surface area contributed by atoms with Crippen molar-refractivity contribution in [1.29, 1.82) is 0 Å². The van der Waals surface area contributed by atoms with Gasteiger partial charge in [-0.25, -0.2) is 0 Å². The van der Waals surface area contributed by atoms with Crippen molar-refractivity contribution in [3.05, 3.63) is 47.3 Å². The number of piperidine rings is 1. The Hall–Kier alpha value is -3.16. The van der Waals surface area contributed by atoms with E-state index in [4.69, 9.17) is 4.42 Å².